The molecule has 0 amide bonds. The van der Waals surface area contributed by atoms with Gasteiger partial charge in [0.2, 0.25) is 23.1 Å². The molecule has 2 fully saturated rings. The molecule has 2 bridgehead atoms. The summed E-state index contributed by atoms with van der Waals surface area (Å²) in [5, 5.41) is 64.6. The van der Waals surface area contributed by atoms with Gasteiger partial charge in [-0.1, -0.05) is 80.6 Å². The number of aliphatic hydroxyl groups excluding tert-OH is 2. The number of ether oxygens (including phenoxy) is 3. The highest BCUT2D eigenvalue weighted by Crippen LogP contribution is 2.56. The summed E-state index contributed by atoms with van der Waals surface area (Å²) in [5.41, 5.74) is -6.32. The van der Waals surface area contributed by atoms with Crippen molar-refractivity contribution in [3.05, 3.63) is 66.3 Å². The van der Waals surface area contributed by atoms with Crippen molar-refractivity contribution in [3.8, 4) is 0 Å². The Morgan fingerprint density at radius 3 is 2.08 bits per heavy atom. The molecule has 0 radical (unpaired) electrons. The normalized spacial score (nSPS) is 29.0. The van der Waals surface area contributed by atoms with E-state index in [1.165, 1.54) is 0 Å². The molecular weight excluding hydrogens is 676 g/mol. The highest BCUT2D eigenvalue weighted by atomic mass is 16.8. The van der Waals surface area contributed by atoms with Crippen LogP contribution in [-0.2, 0) is 33.4 Å². The molecule has 2 aliphatic rings. The zero-order valence-corrected chi connectivity index (χ0v) is 30.1. The molecule has 288 valence electrons. The smallest absolute Gasteiger partial charge is 0.344 e. The highest BCUT2D eigenvalue weighted by molar-refractivity contribution is 5.98. The lowest BCUT2D eigenvalue weighted by Gasteiger charge is -2.48. The van der Waals surface area contributed by atoms with E-state index in [0.717, 1.165) is 31.2 Å². The van der Waals surface area contributed by atoms with Crippen molar-refractivity contribution in [1.82, 2.24) is 0 Å². The Balaban J connectivity index is 1.75. The van der Waals surface area contributed by atoms with E-state index in [0.29, 0.717) is 25.7 Å². The summed E-state index contributed by atoms with van der Waals surface area (Å²) in [6.45, 7) is 5.50. The van der Waals surface area contributed by atoms with Crippen LogP contribution in [0, 0.1) is 11.8 Å². The van der Waals surface area contributed by atoms with Crippen LogP contribution in [0.4, 0.5) is 0 Å². The molecule has 13 nitrogen and oxygen atoms in total. The van der Waals surface area contributed by atoms with Crippen LogP contribution in [0.25, 0.3) is 6.08 Å². The third kappa shape index (κ3) is 9.56. The first-order valence-corrected chi connectivity index (χ1v) is 18.0. The SMILES string of the molecule is C/C=C/CCCC/C=C/CCCCC(=O)O[C@@H]1[C@H](O)[C@@]2(CC[C@H](C)[C@H](O)[C@H](C)C/C=C/c3ccccc3)O[C@H](C(=O)O)[C@@](O)(C(=O)O)[C@@]1(C(=O)O)O2. The monoisotopic (exact) mass is 730 g/mol. The minimum Gasteiger partial charge on any atom is -0.479 e. The number of allylic oxidation sites excluding steroid dienone is 5. The molecule has 0 aromatic heterocycles. The summed E-state index contributed by atoms with van der Waals surface area (Å²) >= 11 is 0. The molecular formula is C39H54O13. The average molecular weight is 731 g/mol. The summed E-state index contributed by atoms with van der Waals surface area (Å²) in [6.07, 6.45) is 9.20. The van der Waals surface area contributed by atoms with Crippen molar-refractivity contribution in [1.29, 1.82) is 0 Å². The average Bonchev–Trinajstić information content (AvgIpc) is 3.32. The number of aliphatic carboxylic acids is 3. The Morgan fingerprint density at radius 2 is 1.50 bits per heavy atom. The van der Waals surface area contributed by atoms with Gasteiger partial charge < -0.3 is 44.8 Å². The highest BCUT2D eigenvalue weighted by Gasteiger charge is 2.85. The number of carbonyl (C=O) groups excluding carboxylic acids is 1. The molecule has 0 saturated carbocycles. The quantitative estimate of drug-likeness (QED) is 0.0533. The molecule has 6 N–H and O–H groups in total. The lowest BCUT2D eigenvalue weighted by atomic mass is 9.74. The van der Waals surface area contributed by atoms with Gasteiger partial charge in [0.1, 0.15) is 6.10 Å². The van der Waals surface area contributed by atoms with E-state index in [4.69, 9.17) is 14.2 Å². The third-order valence-corrected chi connectivity index (χ3v) is 9.99. The van der Waals surface area contributed by atoms with Gasteiger partial charge in [-0.15, -0.1) is 0 Å². The van der Waals surface area contributed by atoms with Gasteiger partial charge in [-0.3, -0.25) is 4.79 Å². The summed E-state index contributed by atoms with van der Waals surface area (Å²) in [7, 11) is 0. The number of carboxylic acids is 3. The van der Waals surface area contributed by atoms with Gasteiger partial charge in [0, 0.05) is 12.8 Å². The number of hydrogen-bond acceptors (Lipinski definition) is 10. The van der Waals surface area contributed by atoms with Crippen molar-refractivity contribution in [2.45, 2.75) is 133 Å². The minimum atomic E-state index is -3.83. The first kappa shape index (κ1) is 42.5. The fraction of sp³-hybridized carbons (Fsp3) is 0.590. The molecule has 3 rings (SSSR count). The van der Waals surface area contributed by atoms with Gasteiger partial charge in [-0.25, -0.2) is 14.4 Å². The van der Waals surface area contributed by atoms with Crippen LogP contribution in [0.1, 0.15) is 97.0 Å². The second-order valence-electron chi connectivity index (χ2n) is 13.8. The molecule has 0 spiro atoms. The summed E-state index contributed by atoms with van der Waals surface area (Å²) in [5.74, 6) is -10.9. The Bertz CT molecular complexity index is 1440. The maximum Gasteiger partial charge on any atom is 0.344 e. The van der Waals surface area contributed by atoms with Gasteiger partial charge in [0.25, 0.3) is 0 Å². The number of esters is 1. The molecule has 13 heteroatoms. The van der Waals surface area contributed by atoms with E-state index in [9.17, 15) is 49.8 Å². The van der Waals surface area contributed by atoms with Gasteiger partial charge in [0.15, 0.2) is 6.10 Å². The van der Waals surface area contributed by atoms with E-state index in [2.05, 4.69) is 12.2 Å². The summed E-state index contributed by atoms with van der Waals surface area (Å²) < 4.78 is 16.6. The van der Waals surface area contributed by atoms with Crippen LogP contribution in [0.5, 0.6) is 0 Å². The Kier molecular flexibility index (Phi) is 15.8. The van der Waals surface area contributed by atoms with Crippen molar-refractivity contribution >= 4 is 30.0 Å². The second kappa shape index (κ2) is 19.3. The molecule has 0 aliphatic carbocycles. The van der Waals surface area contributed by atoms with E-state index in [1.807, 2.05) is 68.5 Å². The Morgan fingerprint density at radius 1 is 0.885 bits per heavy atom. The molecule has 52 heavy (non-hydrogen) atoms. The molecule has 1 aromatic carbocycles. The van der Waals surface area contributed by atoms with Gasteiger partial charge in [-0.05, 0) is 82.1 Å². The lowest BCUT2D eigenvalue weighted by Crippen LogP contribution is -2.78. The number of aliphatic hydroxyl groups is 3. The molecule has 2 saturated heterocycles. The van der Waals surface area contributed by atoms with Crippen LogP contribution in [0.2, 0.25) is 0 Å². The van der Waals surface area contributed by atoms with Crippen LogP contribution in [0.3, 0.4) is 0 Å². The number of benzene rings is 1. The van der Waals surface area contributed by atoms with Gasteiger partial charge >= 0.3 is 23.9 Å². The minimum absolute atomic E-state index is 0.0253. The summed E-state index contributed by atoms with van der Waals surface area (Å²) in [4.78, 5) is 50.9. The molecule has 9 atom stereocenters. The largest absolute Gasteiger partial charge is 0.479 e. The zero-order chi connectivity index (χ0) is 38.5. The third-order valence-electron chi connectivity index (χ3n) is 9.99. The predicted octanol–water partition coefficient (Wildman–Crippen LogP) is 4.88. The van der Waals surface area contributed by atoms with Crippen molar-refractivity contribution in [2.75, 3.05) is 0 Å². The van der Waals surface area contributed by atoms with Crippen molar-refractivity contribution in [3.63, 3.8) is 0 Å². The lowest BCUT2D eigenvalue weighted by molar-refractivity contribution is -0.374. The fourth-order valence-corrected chi connectivity index (χ4v) is 6.89. The van der Waals surface area contributed by atoms with Crippen molar-refractivity contribution < 1.29 is 64.0 Å². The fourth-order valence-electron chi connectivity index (χ4n) is 6.89. The summed E-state index contributed by atoms with van der Waals surface area (Å²) in [6, 6.07) is 9.57. The maximum atomic E-state index is 13.0. The van der Waals surface area contributed by atoms with Crippen LogP contribution in [-0.4, -0.2) is 95.9 Å². The molecule has 2 aliphatic heterocycles. The number of hydrogen-bond donors (Lipinski definition) is 6. The predicted molar refractivity (Wildman–Crippen MR) is 190 cm³/mol. The first-order chi connectivity index (χ1) is 24.7. The molecule has 2 heterocycles. The second-order valence-corrected chi connectivity index (χ2v) is 13.8. The molecule has 1 aromatic rings. The first-order valence-electron chi connectivity index (χ1n) is 18.0. The van der Waals surface area contributed by atoms with Crippen molar-refractivity contribution in [2.24, 2.45) is 11.8 Å². The van der Waals surface area contributed by atoms with E-state index < -0.39 is 77.6 Å². The Hall–Kier alpha value is -3.88. The Labute approximate surface area is 304 Å². The standard InChI is InChI=1S/C39H54O13/c1-4-5-6-7-8-9-10-11-12-13-17-23-29(40)50-32-31(42)37(51-33(34(43)44)38(49,35(45)46)39(32,52-37)36(47)48)25-24-27(3)30(41)26(2)19-18-22-28-20-15-14-16-21-28/h4-5,10-11,14-16,18,20-22,26-27,30-33,41-42,49H,6-9,12-13,17,19,23-25H2,1-3H3,(H,43,44)(H,45,46)(H,47,48)/b5-4+,11-10+,22-18+/t26-,27+,30-,31+,32-,33-,37+,38-,39-/m1/s1. The zero-order valence-electron chi connectivity index (χ0n) is 30.1. The van der Waals surface area contributed by atoms with Crippen LogP contribution in [0.15, 0.2) is 60.7 Å². The van der Waals surface area contributed by atoms with Crippen LogP contribution >= 0.6 is 0 Å². The number of carbonyl (C=O) groups is 4. The maximum absolute atomic E-state index is 13.0. The number of unbranched alkanes of at least 4 members (excludes halogenated alkanes) is 5. The number of fused-ring (bicyclic) bond motifs is 2. The van der Waals surface area contributed by atoms with Gasteiger partial charge in [0.05, 0.1) is 6.10 Å². The van der Waals surface area contributed by atoms with E-state index in [1.54, 1.807) is 6.92 Å². The van der Waals surface area contributed by atoms with Gasteiger partial charge in [-0.2, -0.15) is 0 Å². The molecule has 0 unspecified atom stereocenters. The topological polar surface area (TPSA) is 217 Å². The number of rotatable bonds is 22. The number of carboxylic acid groups (broad SMARTS) is 3. The van der Waals surface area contributed by atoms with Crippen LogP contribution < -0.4 is 0 Å². The van der Waals surface area contributed by atoms with E-state index in [-0.39, 0.29) is 18.8 Å². The van der Waals surface area contributed by atoms with E-state index >= 15 is 0 Å².